The van der Waals surface area contributed by atoms with E-state index in [1.807, 2.05) is 0 Å². The van der Waals surface area contributed by atoms with Gasteiger partial charge >= 0.3 is 6.18 Å². The Morgan fingerprint density at radius 3 is 2.54 bits per heavy atom. The van der Waals surface area contributed by atoms with Crippen molar-refractivity contribution in [2.75, 3.05) is 5.32 Å². The fourth-order valence-electron chi connectivity index (χ4n) is 2.40. The van der Waals surface area contributed by atoms with Crippen LogP contribution in [0.15, 0.2) is 48.8 Å². The first-order valence-corrected chi connectivity index (χ1v) is 7.42. The molecule has 1 heterocycles. The monoisotopic (exact) mass is 364 g/mol. The van der Waals surface area contributed by atoms with Gasteiger partial charge in [-0.1, -0.05) is 24.3 Å². The predicted octanol–water partition coefficient (Wildman–Crippen LogP) is 3.99. The minimum Gasteiger partial charge on any atom is -0.289 e. The smallest absolute Gasteiger partial charge is 0.289 e. The molecule has 0 spiro atoms. The van der Waals surface area contributed by atoms with Gasteiger partial charge in [-0.2, -0.15) is 18.2 Å². The van der Waals surface area contributed by atoms with Crippen molar-refractivity contribution in [3.63, 3.8) is 0 Å². The van der Waals surface area contributed by atoms with Gasteiger partial charge in [0.25, 0.3) is 5.91 Å². The first-order chi connectivity index (χ1) is 12.3. The number of hydrogen-bond donors (Lipinski definition) is 1. The van der Waals surface area contributed by atoms with E-state index in [9.17, 15) is 22.4 Å². The maximum Gasteiger partial charge on any atom is 0.418 e. The molecule has 0 saturated carbocycles. The molecule has 1 aromatic heterocycles. The van der Waals surface area contributed by atoms with Crippen LogP contribution in [-0.2, 0) is 6.18 Å². The zero-order valence-corrected chi connectivity index (χ0v) is 13.4. The zero-order chi connectivity index (χ0) is 18.9. The quantitative estimate of drug-likeness (QED) is 0.715. The molecule has 5 nitrogen and oxygen atoms in total. The number of aromatic nitrogens is 3. The number of anilines is 1. The lowest BCUT2D eigenvalue weighted by molar-refractivity contribution is -0.137. The summed E-state index contributed by atoms with van der Waals surface area (Å²) in [4.78, 5) is 16.0. The van der Waals surface area contributed by atoms with Crippen molar-refractivity contribution < 1.29 is 22.4 Å². The highest BCUT2D eigenvalue weighted by Gasteiger charge is 2.35. The number of halogens is 4. The largest absolute Gasteiger partial charge is 0.418 e. The molecule has 0 radical (unpaired) electrons. The number of aryl methyl sites for hydroxylation is 1. The highest BCUT2D eigenvalue weighted by Crippen LogP contribution is 2.34. The van der Waals surface area contributed by atoms with Crippen LogP contribution in [0.5, 0.6) is 0 Å². The Labute approximate surface area is 145 Å². The molecule has 3 rings (SSSR count). The van der Waals surface area contributed by atoms with Crippen molar-refractivity contribution in [1.82, 2.24) is 14.8 Å². The molecule has 1 amide bonds. The zero-order valence-electron chi connectivity index (χ0n) is 13.4. The van der Waals surface area contributed by atoms with Gasteiger partial charge in [0.05, 0.1) is 5.56 Å². The third-order valence-electron chi connectivity index (χ3n) is 3.63. The topological polar surface area (TPSA) is 59.8 Å². The number of amides is 1. The standard InChI is InChI=1S/C17H12F4N4O/c1-10-5-2-3-6-11(10)15(26)23-16-22-9-25(24-16)14-12(17(19,20)21)7-4-8-13(14)18/h2-9H,1H3,(H,23,24,26). The number of alkyl halides is 3. The second kappa shape index (κ2) is 6.58. The van der Waals surface area contributed by atoms with Gasteiger partial charge in [-0.25, -0.2) is 9.07 Å². The molecule has 26 heavy (non-hydrogen) atoms. The minimum absolute atomic E-state index is 0.241. The van der Waals surface area contributed by atoms with E-state index in [4.69, 9.17) is 0 Å². The van der Waals surface area contributed by atoms with Crippen molar-refractivity contribution in [2.45, 2.75) is 13.1 Å². The van der Waals surface area contributed by atoms with Crippen LogP contribution >= 0.6 is 0 Å². The van der Waals surface area contributed by atoms with Crippen LogP contribution in [0.2, 0.25) is 0 Å². The number of rotatable bonds is 3. The Bertz CT molecular complexity index is 965. The van der Waals surface area contributed by atoms with E-state index in [1.165, 1.54) is 0 Å². The van der Waals surface area contributed by atoms with Crippen LogP contribution in [0.4, 0.5) is 23.5 Å². The molecular weight excluding hydrogens is 352 g/mol. The maximum atomic E-state index is 14.0. The Kier molecular flexibility index (Phi) is 4.45. The van der Waals surface area contributed by atoms with E-state index in [-0.39, 0.29) is 5.95 Å². The van der Waals surface area contributed by atoms with Crippen molar-refractivity contribution in [3.8, 4) is 5.69 Å². The summed E-state index contributed by atoms with van der Waals surface area (Å²) >= 11 is 0. The van der Waals surface area contributed by atoms with Crippen LogP contribution in [0.1, 0.15) is 21.5 Å². The number of carbonyl (C=O) groups excluding carboxylic acids is 1. The van der Waals surface area contributed by atoms with E-state index < -0.39 is 29.2 Å². The van der Waals surface area contributed by atoms with E-state index in [0.29, 0.717) is 15.8 Å². The number of nitrogens with zero attached hydrogens (tertiary/aromatic N) is 3. The van der Waals surface area contributed by atoms with E-state index in [1.54, 1.807) is 31.2 Å². The van der Waals surface area contributed by atoms with Crippen molar-refractivity contribution >= 4 is 11.9 Å². The average molecular weight is 364 g/mol. The van der Waals surface area contributed by atoms with Gasteiger partial charge in [-0.05, 0) is 30.7 Å². The molecule has 1 N–H and O–H groups in total. The van der Waals surface area contributed by atoms with Crippen molar-refractivity contribution in [3.05, 3.63) is 71.3 Å². The molecule has 0 saturated heterocycles. The maximum absolute atomic E-state index is 14.0. The van der Waals surface area contributed by atoms with E-state index in [2.05, 4.69) is 15.4 Å². The Balaban J connectivity index is 1.92. The summed E-state index contributed by atoms with van der Waals surface area (Å²) in [6, 6.07) is 9.33. The molecule has 2 aromatic carbocycles. The Hall–Kier alpha value is -3.23. The van der Waals surface area contributed by atoms with Crippen molar-refractivity contribution in [2.24, 2.45) is 0 Å². The van der Waals surface area contributed by atoms with Gasteiger partial charge in [0.15, 0.2) is 0 Å². The molecular formula is C17H12F4N4O. The van der Waals surface area contributed by atoms with Crippen LogP contribution in [-0.4, -0.2) is 20.7 Å². The first kappa shape index (κ1) is 17.6. The molecule has 0 bridgehead atoms. The lowest BCUT2D eigenvalue weighted by Gasteiger charge is -2.12. The third kappa shape index (κ3) is 3.41. The highest BCUT2D eigenvalue weighted by molar-refractivity contribution is 6.04. The van der Waals surface area contributed by atoms with Gasteiger partial charge in [-0.15, -0.1) is 5.10 Å². The van der Waals surface area contributed by atoms with Gasteiger partial charge in [0.2, 0.25) is 5.95 Å². The van der Waals surface area contributed by atoms with Crippen LogP contribution in [0.25, 0.3) is 5.69 Å². The summed E-state index contributed by atoms with van der Waals surface area (Å²) in [6.07, 6.45) is -3.87. The minimum atomic E-state index is -4.77. The SMILES string of the molecule is Cc1ccccc1C(=O)Nc1ncn(-c2c(F)cccc2C(F)(F)F)n1. The van der Waals surface area contributed by atoms with Crippen LogP contribution in [0.3, 0.4) is 0 Å². The number of carbonyl (C=O) groups is 1. The molecule has 0 atom stereocenters. The van der Waals surface area contributed by atoms with Crippen LogP contribution in [0, 0.1) is 12.7 Å². The summed E-state index contributed by atoms with van der Waals surface area (Å²) < 4.78 is 53.9. The molecule has 134 valence electrons. The molecule has 0 aliphatic heterocycles. The number of nitrogens with one attached hydrogen (secondary N) is 1. The second-order valence-corrected chi connectivity index (χ2v) is 5.42. The van der Waals surface area contributed by atoms with Gasteiger partial charge in [0, 0.05) is 5.56 Å². The Morgan fingerprint density at radius 2 is 1.85 bits per heavy atom. The predicted molar refractivity (Wildman–Crippen MR) is 85.5 cm³/mol. The molecule has 3 aromatic rings. The summed E-state index contributed by atoms with van der Waals surface area (Å²) in [5.41, 5.74) is -0.910. The third-order valence-corrected chi connectivity index (χ3v) is 3.63. The molecule has 0 aliphatic carbocycles. The van der Waals surface area contributed by atoms with Gasteiger partial charge in [-0.3, -0.25) is 10.1 Å². The first-order valence-electron chi connectivity index (χ1n) is 7.42. The molecule has 9 heteroatoms. The number of benzene rings is 2. The molecule has 0 unspecified atom stereocenters. The summed E-state index contributed by atoms with van der Waals surface area (Å²) in [5, 5.41) is 6.13. The average Bonchev–Trinajstić information content (AvgIpc) is 3.02. The fourth-order valence-corrected chi connectivity index (χ4v) is 2.40. The molecule has 0 aliphatic rings. The van der Waals surface area contributed by atoms with Crippen LogP contribution < -0.4 is 5.32 Å². The summed E-state index contributed by atoms with van der Waals surface area (Å²) in [7, 11) is 0. The lowest BCUT2D eigenvalue weighted by Crippen LogP contribution is -2.15. The number of para-hydroxylation sites is 1. The van der Waals surface area contributed by atoms with Gasteiger partial charge < -0.3 is 0 Å². The summed E-state index contributed by atoms with van der Waals surface area (Å²) in [6.45, 7) is 1.73. The van der Waals surface area contributed by atoms with E-state index in [0.717, 1.165) is 24.5 Å². The highest BCUT2D eigenvalue weighted by atomic mass is 19.4. The molecule has 0 fully saturated rings. The van der Waals surface area contributed by atoms with Gasteiger partial charge in [0.1, 0.15) is 17.8 Å². The fraction of sp³-hybridized carbons (Fsp3) is 0.118. The second-order valence-electron chi connectivity index (χ2n) is 5.42. The normalized spacial score (nSPS) is 11.4. The summed E-state index contributed by atoms with van der Waals surface area (Å²) in [5.74, 6) is -1.87. The number of hydrogen-bond acceptors (Lipinski definition) is 3. The van der Waals surface area contributed by atoms with Crippen molar-refractivity contribution in [1.29, 1.82) is 0 Å². The Morgan fingerprint density at radius 1 is 1.12 bits per heavy atom. The van der Waals surface area contributed by atoms with E-state index >= 15 is 0 Å². The lowest BCUT2D eigenvalue weighted by atomic mass is 10.1.